The van der Waals surface area contributed by atoms with Gasteiger partial charge >= 0.3 is 12.0 Å². The summed E-state index contributed by atoms with van der Waals surface area (Å²) in [6.45, 7) is 0.167. The zero-order valence-electron chi connectivity index (χ0n) is 17.5. The maximum atomic E-state index is 12.9. The number of urea groups is 1. The van der Waals surface area contributed by atoms with E-state index in [9.17, 15) is 19.2 Å². The molecule has 0 atom stereocenters. The van der Waals surface area contributed by atoms with Crippen molar-refractivity contribution in [2.75, 3.05) is 4.90 Å². The summed E-state index contributed by atoms with van der Waals surface area (Å²) in [5.74, 6) is -2.05. The second kappa shape index (κ2) is 9.60. The fourth-order valence-electron chi connectivity index (χ4n) is 3.27. The van der Waals surface area contributed by atoms with Gasteiger partial charge < -0.3 is 9.84 Å². The number of carboxylic acid groups (broad SMARTS) is 1. The zero-order valence-corrected chi connectivity index (χ0v) is 18.3. The molecule has 8 nitrogen and oxygen atoms in total. The number of hydrogen-bond acceptors (Lipinski definition) is 5. The minimum absolute atomic E-state index is 0.167. The third-order valence-corrected chi connectivity index (χ3v) is 5.21. The van der Waals surface area contributed by atoms with Gasteiger partial charge in [-0.3, -0.25) is 14.9 Å². The summed E-state index contributed by atoms with van der Waals surface area (Å²) in [6, 6.07) is 18.3. The fourth-order valence-corrected chi connectivity index (χ4v) is 3.40. The summed E-state index contributed by atoms with van der Waals surface area (Å²) >= 11 is 5.87. The molecular formula is C25H17ClN2O6. The van der Waals surface area contributed by atoms with Gasteiger partial charge in [-0.05, 0) is 65.7 Å². The van der Waals surface area contributed by atoms with E-state index in [-0.39, 0.29) is 23.4 Å². The Bertz CT molecular complexity index is 1320. The smallest absolute Gasteiger partial charge is 0.335 e. The van der Waals surface area contributed by atoms with Crippen molar-refractivity contribution >= 4 is 47.2 Å². The molecule has 9 heteroatoms. The molecule has 4 rings (SSSR count). The number of carbonyl (C=O) groups is 4. The van der Waals surface area contributed by atoms with Crippen LogP contribution in [0.15, 0.2) is 78.4 Å². The minimum Gasteiger partial charge on any atom is -0.489 e. The molecule has 0 aromatic heterocycles. The molecule has 0 spiro atoms. The third-order valence-electron chi connectivity index (χ3n) is 4.96. The molecule has 0 bridgehead atoms. The van der Waals surface area contributed by atoms with E-state index in [4.69, 9.17) is 21.4 Å². The first-order valence-electron chi connectivity index (χ1n) is 10.0. The highest BCUT2D eigenvalue weighted by Crippen LogP contribution is 2.24. The Labute approximate surface area is 199 Å². The Morgan fingerprint density at radius 1 is 1.00 bits per heavy atom. The highest BCUT2D eigenvalue weighted by molar-refractivity contribution is 6.39. The normalized spacial score (nSPS) is 14.8. The van der Waals surface area contributed by atoms with Gasteiger partial charge in [0.2, 0.25) is 0 Å². The first-order chi connectivity index (χ1) is 16.3. The highest BCUT2D eigenvalue weighted by atomic mass is 35.5. The lowest BCUT2D eigenvalue weighted by atomic mass is 10.1. The summed E-state index contributed by atoms with van der Waals surface area (Å²) in [4.78, 5) is 49.4. The van der Waals surface area contributed by atoms with Crippen LogP contribution in [0.1, 0.15) is 21.5 Å². The molecule has 34 heavy (non-hydrogen) atoms. The summed E-state index contributed by atoms with van der Waals surface area (Å²) in [5, 5.41) is 11.7. The number of imide groups is 2. The molecule has 1 saturated heterocycles. The number of benzene rings is 3. The Kier molecular flexibility index (Phi) is 6.42. The van der Waals surface area contributed by atoms with E-state index in [2.05, 4.69) is 5.32 Å². The largest absolute Gasteiger partial charge is 0.489 e. The van der Waals surface area contributed by atoms with Crippen LogP contribution in [0.3, 0.4) is 0 Å². The Morgan fingerprint density at radius 2 is 1.71 bits per heavy atom. The molecule has 3 aromatic rings. The average molecular weight is 477 g/mol. The van der Waals surface area contributed by atoms with Gasteiger partial charge in [0.1, 0.15) is 17.9 Å². The van der Waals surface area contributed by atoms with Gasteiger partial charge in [0.15, 0.2) is 0 Å². The van der Waals surface area contributed by atoms with Crippen molar-refractivity contribution in [1.29, 1.82) is 0 Å². The molecule has 0 saturated carbocycles. The lowest BCUT2D eigenvalue weighted by Gasteiger charge is -2.26. The predicted molar refractivity (Wildman–Crippen MR) is 125 cm³/mol. The predicted octanol–water partition coefficient (Wildman–Crippen LogP) is 4.28. The molecule has 1 fully saturated rings. The quantitative estimate of drug-likeness (QED) is 0.405. The van der Waals surface area contributed by atoms with Crippen LogP contribution < -0.4 is 15.0 Å². The van der Waals surface area contributed by atoms with Crippen LogP contribution in [0, 0.1) is 0 Å². The molecule has 1 aliphatic rings. The fraction of sp³-hybridized carbons (Fsp3) is 0.0400. The van der Waals surface area contributed by atoms with Crippen molar-refractivity contribution in [3.63, 3.8) is 0 Å². The maximum Gasteiger partial charge on any atom is 0.335 e. The van der Waals surface area contributed by atoms with Crippen molar-refractivity contribution in [1.82, 2.24) is 5.32 Å². The van der Waals surface area contributed by atoms with E-state index in [1.165, 1.54) is 42.5 Å². The van der Waals surface area contributed by atoms with Crippen LogP contribution in [0.4, 0.5) is 10.5 Å². The van der Waals surface area contributed by atoms with Gasteiger partial charge in [-0.25, -0.2) is 14.5 Å². The number of nitrogens with one attached hydrogen (secondary N) is 1. The molecule has 2 N–H and O–H groups in total. The summed E-state index contributed by atoms with van der Waals surface area (Å²) in [6.07, 6.45) is 1.38. The van der Waals surface area contributed by atoms with Crippen LogP contribution in [0.25, 0.3) is 6.08 Å². The van der Waals surface area contributed by atoms with Crippen LogP contribution in [-0.2, 0) is 16.2 Å². The van der Waals surface area contributed by atoms with Crippen LogP contribution in [-0.4, -0.2) is 28.9 Å². The number of hydrogen-bond donors (Lipinski definition) is 2. The van der Waals surface area contributed by atoms with Gasteiger partial charge in [0, 0.05) is 5.02 Å². The standard InChI is InChI=1S/C25H17ClN2O6/c26-18-6-8-19(9-7-18)28-23(30)21(22(29)27-25(28)33)13-15-4-10-20(11-5-15)34-14-16-2-1-3-17(12-16)24(31)32/h1-13H,14H2,(H,31,32)(H,27,29,33)/b21-13+. The molecule has 1 aliphatic heterocycles. The van der Waals surface area contributed by atoms with E-state index >= 15 is 0 Å². The van der Waals surface area contributed by atoms with E-state index in [1.807, 2.05) is 0 Å². The molecule has 0 radical (unpaired) electrons. The zero-order chi connectivity index (χ0) is 24.2. The number of barbiturate groups is 1. The summed E-state index contributed by atoms with van der Waals surface area (Å²) in [5.41, 5.74) is 1.49. The lowest BCUT2D eigenvalue weighted by Crippen LogP contribution is -2.54. The number of anilines is 1. The van der Waals surface area contributed by atoms with E-state index in [0.29, 0.717) is 21.9 Å². The van der Waals surface area contributed by atoms with Crippen LogP contribution >= 0.6 is 11.6 Å². The van der Waals surface area contributed by atoms with E-state index in [0.717, 1.165) is 4.90 Å². The van der Waals surface area contributed by atoms with Crippen molar-refractivity contribution in [2.24, 2.45) is 0 Å². The van der Waals surface area contributed by atoms with Gasteiger partial charge in [0.25, 0.3) is 11.8 Å². The second-order valence-corrected chi connectivity index (χ2v) is 7.73. The molecule has 0 unspecified atom stereocenters. The Hall–Kier alpha value is -4.43. The van der Waals surface area contributed by atoms with Gasteiger partial charge in [-0.15, -0.1) is 0 Å². The van der Waals surface area contributed by atoms with E-state index in [1.54, 1.807) is 36.4 Å². The number of rotatable bonds is 6. The second-order valence-electron chi connectivity index (χ2n) is 7.30. The first kappa shape index (κ1) is 22.8. The monoisotopic (exact) mass is 476 g/mol. The molecule has 1 heterocycles. The minimum atomic E-state index is -1.02. The number of ether oxygens (including phenoxy) is 1. The van der Waals surface area contributed by atoms with Crippen molar-refractivity contribution in [3.05, 3.63) is 100 Å². The Balaban J connectivity index is 1.49. The lowest BCUT2D eigenvalue weighted by molar-refractivity contribution is -0.122. The van der Waals surface area contributed by atoms with E-state index < -0.39 is 23.8 Å². The first-order valence-corrected chi connectivity index (χ1v) is 10.4. The average Bonchev–Trinajstić information content (AvgIpc) is 2.82. The number of nitrogens with zero attached hydrogens (tertiary/aromatic N) is 1. The van der Waals surface area contributed by atoms with Crippen LogP contribution in [0.5, 0.6) is 5.75 Å². The molecule has 3 aromatic carbocycles. The number of carbonyl (C=O) groups excluding carboxylic acids is 3. The maximum absolute atomic E-state index is 12.9. The topological polar surface area (TPSA) is 113 Å². The number of aromatic carboxylic acids is 1. The van der Waals surface area contributed by atoms with Crippen LogP contribution in [0.2, 0.25) is 5.02 Å². The highest BCUT2D eigenvalue weighted by Gasteiger charge is 2.36. The number of amides is 4. The molecular weight excluding hydrogens is 460 g/mol. The summed E-state index contributed by atoms with van der Waals surface area (Å²) in [7, 11) is 0. The number of carboxylic acids is 1. The van der Waals surface area contributed by atoms with Gasteiger partial charge in [0.05, 0.1) is 11.3 Å². The SMILES string of the molecule is O=C1NC(=O)N(c2ccc(Cl)cc2)C(=O)/C1=C/c1ccc(OCc2cccc(C(=O)O)c2)cc1. The molecule has 4 amide bonds. The third kappa shape index (κ3) is 4.97. The molecule has 0 aliphatic carbocycles. The van der Waals surface area contributed by atoms with Gasteiger partial charge in [-0.2, -0.15) is 0 Å². The number of halogens is 1. The van der Waals surface area contributed by atoms with Crippen molar-refractivity contribution in [2.45, 2.75) is 6.61 Å². The van der Waals surface area contributed by atoms with Crippen molar-refractivity contribution in [3.8, 4) is 5.75 Å². The summed E-state index contributed by atoms with van der Waals surface area (Å²) < 4.78 is 5.69. The molecule has 170 valence electrons. The Morgan fingerprint density at radius 3 is 2.38 bits per heavy atom. The van der Waals surface area contributed by atoms with Crippen molar-refractivity contribution < 1.29 is 29.0 Å². The van der Waals surface area contributed by atoms with Gasteiger partial charge in [-0.1, -0.05) is 35.9 Å².